The lowest BCUT2D eigenvalue weighted by Gasteiger charge is -2.09. The standard InChI is InChI=1S/C15H11ClFN3/c1-10-9-12(7-8-13(10)17)20-14(18-19-15(20)16)11-5-3-2-4-6-11/h2-9H,1H3. The number of benzene rings is 2. The van der Waals surface area contributed by atoms with Gasteiger partial charge in [0.2, 0.25) is 5.28 Å². The zero-order valence-corrected chi connectivity index (χ0v) is 11.5. The summed E-state index contributed by atoms with van der Waals surface area (Å²) in [6, 6.07) is 14.4. The van der Waals surface area contributed by atoms with E-state index in [2.05, 4.69) is 10.2 Å². The molecule has 0 aliphatic carbocycles. The molecule has 1 heterocycles. The second kappa shape index (κ2) is 5.06. The van der Waals surface area contributed by atoms with Gasteiger partial charge in [0.05, 0.1) is 5.69 Å². The van der Waals surface area contributed by atoms with E-state index in [-0.39, 0.29) is 11.1 Å². The lowest BCUT2D eigenvalue weighted by molar-refractivity contribution is 0.618. The molecule has 0 spiro atoms. The third-order valence-corrected chi connectivity index (χ3v) is 3.30. The second-order valence-corrected chi connectivity index (χ2v) is 4.77. The van der Waals surface area contributed by atoms with Crippen molar-refractivity contribution < 1.29 is 4.39 Å². The zero-order chi connectivity index (χ0) is 14.1. The smallest absolute Gasteiger partial charge is 0.229 e. The molecule has 0 unspecified atom stereocenters. The van der Waals surface area contributed by atoms with Crippen LogP contribution in [0.5, 0.6) is 0 Å². The first-order valence-corrected chi connectivity index (χ1v) is 6.47. The topological polar surface area (TPSA) is 30.7 Å². The molecule has 0 bridgehead atoms. The van der Waals surface area contributed by atoms with Crippen LogP contribution in [0.15, 0.2) is 48.5 Å². The number of hydrogen-bond donors (Lipinski definition) is 0. The Balaban J connectivity index is 2.19. The molecule has 3 aromatic rings. The minimum Gasteiger partial charge on any atom is -0.266 e. The SMILES string of the molecule is Cc1cc(-n2c(Cl)nnc2-c2ccccc2)ccc1F. The Labute approximate surface area is 120 Å². The van der Waals surface area contributed by atoms with Crippen LogP contribution in [-0.4, -0.2) is 14.8 Å². The average Bonchev–Trinajstić information content (AvgIpc) is 2.85. The van der Waals surface area contributed by atoms with E-state index < -0.39 is 0 Å². The van der Waals surface area contributed by atoms with Gasteiger partial charge in [-0.2, -0.15) is 0 Å². The van der Waals surface area contributed by atoms with Crippen molar-refractivity contribution in [2.45, 2.75) is 6.92 Å². The fourth-order valence-electron chi connectivity index (χ4n) is 2.04. The van der Waals surface area contributed by atoms with Crippen LogP contribution in [0.25, 0.3) is 17.1 Å². The van der Waals surface area contributed by atoms with Gasteiger partial charge in [0.1, 0.15) is 5.82 Å². The van der Waals surface area contributed by atoms with E-state index >= 15 is 0 Å². The first kappa shape index (κ1) is 12.8. The molecule has 3 nitrogen and oxygen atoms in total. The first-order chi connectivity index (χ1) is 9.66. The maximum atomic E-state index is 13.4. The van der Waals surface area contributed by atoms with E-state index in [0.717, 1.165) is 11.3 Å². The largest absolute Gasteiger partial charge is 0.266 e. The van der Waals surface area contributed by atoms with E-state index in [1.165, 1.54) is 6.07 Å². The molecule has 3 rings (SSSR count). The van der Waals surface area contributed by atoms with Gasteiger partial charge in [-0.15, -0.1) is 10.2 Å². The van der Waals surface area contributed by atoms with E-state index in [0.29, 0.717) is 11.4 Å². The van der Waals surface area contributed by atoms with Gasteiger partial charge < -0.3 is 0 Å². The number of halogens is 2. The van der Waals surface area contributed by atoms with Crippen LogP contribution in [0.1, 0.15) is 5.56 Å². The summed E-state index contributed by atoms with van der Waals surface area (Å²) in [5.74, 6) is 0.376. The van der Waals surface area contributed by atoms with E-state index in [1.807, 2.05) is 30.3 Å². The number of rotatable bonds is 2. The number of aryl methyl sites for hydroxylation is 1. The van der Waals surface area contributed by atoms with Crippen LogP contribution in [0, 0.1) is 12.7 Å². The van der Waals surface area contributed by atoms with Crippen LogP contribution < -0.4 is 0 Å². The predicted octanol–water partition coefficient (Wildman–Crippen LogP) is 4.04. The molecular formula is C15H11ClFN3. The van der Waals surface area contributed by atoms with Crippen molar-refractivity contribution in [2.75, 3.05) is 0 Å². The van der Waals surface area contributed by atoms with Gasteiger partial charge in [0.25, 0.3) is 0 Å². The van der Waals surface area contributed by atoms with E-state index in [4.69, 9.17) is 11.6 Å². The van der Waals surface area contributed by atoms with Gasteiger partial charge in [0.15, 0.2) is 5.82 Å². The highest BCUT2D eigenvalue weighted by Crippen LogP contribution is 2.25. The first-order valence-electron chi connectivity index (χ1n) is 6.09. The summed E-state index contributed by atoms with van der Waals surface area (Å²) >= 11 is 6.12. The third kappa shape index (κ3) is 2.18. The zero-order valence-electron chi connectivity index (χ0n) is 10.7. The van der Waals surface area contributed by atoms with E-state index in [1.54, 1.807) is 23.6 Å². The van der Waals surface area contributed by atoms with Crippen molar-refractivity contribution in [1.82, 2.24) is 14.8 Å². The maximum absolute atomic E-state index is 13.4. The molecular weight excluding hydrogens is 277 g/mol. The number of aromatic nitrogens is 3. The number of nitrogens with zero attached hydrogens (tertiary/aromatic N) is 3. The Morgan fingerprint density at radius 2 is 1.80 bits per heavy atom. The lowest BCUT2D eigenvalue weighted by Crippen LogP contribution is -1.99. The summed E-state index contributed by atoms with van der Waals surface area (Å²) < 4.78 is 15.1. The highest BCUT2D eigenvalue weighted by atomic mass is 35.5. The van der Waals surface area contributed by atoms with Crippen molar-refractivity contribution in [2.24, 2.45) is 0 Å². The van der Waals surface area contributed by atoms with Crippen LogP contribution in [0.2, 0.25) is 5.28 Å². The molecule has 20 heavy (non-hydrogen) atoms. The Kier molecular flexibility index (Phi) is 3.24. The molecule has 5 heteroatoms. The summed E-state index contributed by atoms with van der Waals surface area (Å²) in [4.78, 5) is 0. The average molecular weight is 288 g/mol. The van der Waals surface area contributed by atoms with Gasteiger partial charge in [-0.25, -0.2) is 4.39 Å². The predicted molar refractivity (Wildman–Crippen MR) is 76.5 cm³/mol. The summed E-state index contributed by atoms with van der Waals surface area (Å²) in [6.07, 6.45) is 0. The van der Waals surface area contributed by atoms with E-state index in [9.17, 15) is 4.39 Å². The molecule has 0 N–H and O–H groups in total. The lowest BCUT2D eigenvalue weighted by atomic mass is 10.2. The molecule has 0 radical (unpaired) electrons. The van der Waals surface area contributed by atoms with Crippen LogP contribution in [0.4, 0.5) is 4.39 Å². The van der Waals surface area contributed by atoms with Gasteiger partial charge >= 0.3 is 0 Å². The van der Waals surface area contributed by atoms with Crippen molar-refractivity contribution >= 4 is 11.6 Å². The highest BCUT2D eigenvalue weighted by Gasteiger charge is 2.14. The molecule has 0 aliphatic rings. The Morgan fingerprint density at radius 3 is 2.50 bits per heavy atom. The number of hydrogen-bond acceptors (Lipinski definition) is 2. The normalized spacial score (nSPS) is 10.8. The minimum atomic E-state index is -0.251. The molecule has 0 aliphatic heterocycles. The minimum absolute atomic E-state index is 0.245. The summed E-state index contributed by atoms with van der Waals surface area (Å²) in [6.45, 7) is 1.71. The molecule has 2 aromatic carbocycles. The third-order valence-electron chi connectivity index (χ3n) is 3.06. The van der Waals surface area contributed by atoms with Gasteiger partial charge in [-0.05, 0) is 42.3 Å². The molecule has 0 fully saturated rings. The molecule has 0 amide bonds. The molecule has 0 atom stereocenters. The van der Waals surface area contributed by atoms with Crippen LogP contribution >= 0.6 is 11.6 Å². The Morgan fingerprint density at radius 1 is 1.05 bits per heavy atom. The highest BCUT2D eigenvalue weighted by molar-refractivity contribution is 6.28. The van der Waals surface area contributed by atoms with Gasteiger partial charge in [-0.3, -0.25) is 4.57 Å². The van der Waals surface area contributed by atoms with Crippen molar-refractivity contribution in [1.29, 1.82) is 0 Å². The Hall–Kier alpha value is -2.20. The van der Waals surface area contributed by atoms with Crippen LogP contribution in [-0.2, 0) is 0 Å². The monoisotopic (exact) mass is 287 g/mol. The van der Waals surface area contributed by atoms with Gasteiger partial charge in [0, 0.05) is 5.56 Å². The maximum Gasteiger partial charge on any atom is 0.229 e. The van der Waals surface area contributed by atoms with Crippen molar-refractivity contribution in [3.8, 4) is 17.1 Å². The fraction of sp³-hybridized carbons (Fsp3) is 0.0667. The summed E-state index contributed by atoms with van der Waals surface area (Å²) in [5, 5.41) is 8.25. The summed E-state index contributed by atoms with van der Waals surface area (Å²) in [5.41, 5.74) is 2.18. The summed E-state index contributed by atoms with van der Waals surface area (Å²) in [7, 11) is 0. The van der Waals surface area contributed by atoms with Crippen molar-refractivity contribution in [3.05, 3.63) is 65.2 Å². The molecule has 0 saturated heterocycles. The second-order valence-electron chi connectivity index (χ2n) is 4.43. The Bertz CT molecular complexity index is 753. The molecule has 0 saturated carbocycles. The molecule has 1 aromatic heterocycles. The fourth-order valence-corrected chi connectivity index (χ4v) is 2.25. The van der Waals surface area contributed by atoms with Crippen molar-refractivity contribution in [3.63, 3.8) is 0 Å². The quantitative estimate of drug-likeness (QED) is 0.712. The van der Waals surface area contributed by atoms with Crippen LogP contribution in [0.3, 0.4) is 0 Å². The van der Waals surface area contributed by atoms with Gasteiger partial charge in [-0.1, -0.05) is 30.3 Å². The molecule has 100 valence electrons.